The molecule has 2 unspecified atom stereocenters. The lowest BCUT2D eigenvalue weighted by atomic mass is 9.42. The number of hydrogen-bond donors (Lipinski definition) is 0. The lowest BCUT2D eigenvalue weighted by Gasteiger charge is -2.66. The third-order valence-electron chi connectivity index (χ3n) is 6.13. The molecule has 0 aliphatic heterocycles. The van der Waals surface area contributed by atoms with Crippen molar-refractivity contribution < 1.29 is 0 Å². The third kappa shape index (κ3) is 2.14. The second-order valence-electron chi connectivity index (χ2n) is 8.57. The van der Waals surface area contributed by atoms with Crippen molar-refractivity contribution in [2.75, 3.05) is 0 Å². The zero-order valence-corrected chi connectivity index (χ0v) is 13.8. The predicted octanol–water partition coefficient (Wildman–Crippen LogP) is 4.98. The van der Waals surface area contributed by atoms with Gasteiger partial charge in [0, 0.05) is 4.88 Å². The largest absolute Gasteiger partial charge is 0.250 e. The number of rotatable bonds is 4. The Labute approximate surface area is 130 Å². The zero-order chi connectivity index (χ0) is 14.7. The van der Waals surface area contributed by atoms with Crippen LogP contribution in [-0.4, -0.2) is 10.5 Å². The van der Waals surface area contributed by atoms with Gasteiger partial charge in [-0.1, -0.05) is 19.9 Å². The molecule has 4 heteroatoms. The van der Waals surface area contributed by atoms with Crippen LogP contribution in [0.2, 0.25) is 0 Å². The molecule has 3 nitrogen and oxygen atoms in total. The highest BCUT2D eigenvalue weighted by atomic mass is 32.1. The average molecular weight is 304 g/mol. The van der Waals surface area contributed by atoms with Crippen LogP contribution in [0, 0.1) is 21.7 Å². The van der Waals surface area contributed by atoms with Crippen LogP contribution in [0.25, 0.3) is 0 Å². The Hall–Kier alpha value is -0.900. The van der Waals surface area contributed by atoms with Crippen molar-refractivity contribution in [2.24, 2.45) is 22.0 Å². The van der Waals surface area contributed by atoms with Crippen LogP contribution >= 0.6 is 11.3 Å². The molecular weight excluding hydrogens is 280 g/mol. The highest BCUT2D eigenvalue weighted by Crippen LogP contribution is 2.67. The molecule has 0 N–H and O–H groups in total. The molecule has 5 rings (SSSR count). The lowest BCUT2D eigenvalue weighted by Crippen LogP contribution is -2.63. The van der Waals surface area contributed by atoms with E-state index in [-0.39, 0.29) is 5.54 Å². The fourth-order valence-corrected chi connectivity index (χ4v) is 7.19. The van der Waals surface area contributed by atoms with E-state index in [0.29, 0.717) is 17.4 Å². The van der Waals surface area contributed by atoms with Crippen molar-refractivity contribution in [1.29, 1.82) is 0 Å². The van der Waals surface area contributed by atoms with Crippen LogP contribution in [0.3, 0.4) is 0 Å². The van der Waals surface area contributed by atoms with Gasteiger partial charge in [0.25, 0.3) is 0 Å². The first-order valence-corrected chi connectivity index (χ1v) is 8.96. The van der Waals surface area contributed by atoms with E-state index < -0.39 is 0 Å². The minimum atomic E-state index is 0.0225. The quantitative estimate of drug-likeness (QED) is 0.580. The Balaban J connectivity index is 1.67. The second-order valence-corrected chi connectivity index (χ2v) is 9.61. The molecule has 114 valence electrons. The average Bonchev–Trinajstić information content (AvgIpc) is 2.83. The maximum Gasteiger partial charge on any atom is 0.0742 e. The first-order chi connectivity index (χ1) is 9.94. The van der Waals surface area contributed by atoms with Crippen LogP contribution in [-0.2, 0) is 6.54 Å². The summed E-state index contributed by atoms with van der Waals surface area (Å²) in [4.78, 5) is 12.9. The maximum absolute atomic E-state index is 11.6. The molecule has 4 saturated carbocycles. The molecule has 21 heavy (non-hydrogen) atoms. The van der Waals surface area contributed by atoms with Crippen LogP contribution < -0.4 is 0 Å². The van der Waals surface area contributed by atoms with Crippen molar-refractivity contribution in [3.63, 3.8) is 0 Å². The molecule has 0 aromatic carbocycles. The van der Waals surface area contributed by atoms with E-state index in [0.717, 1.165) is 18.8 Å². The Morgan fingerprint density at radius 2 is 1.95 bits per heavy atom. The molecule has 0 saturated heterocycles. The maximum atomic E-state index is 11.6. The molecule has 0 spiro atoms. The molecule has 0 radical (unpaired) electrons. The monoisotopic (exact) mass is 304 g/mol. The Morgan fingerprint density at radius 3 is 2.48 bits per heavy atom. The fourth-order valence-electron chi connectivity index (χ4n) is 6.51. The molecule has 2 atom stereocenters. The highest BCUT2D eigenvalue weighted by Gasteiger charge is 2.62. The van der Waals surface area contributed by atoms with Gasteiger partial charge in [0.05, 0.1) is 17.4 Å². The summed E-state index contributed by atoms with van der Waals surface area (Å²) in [5, 5.41) is 7.51. The normalized spacial score (nSPS) is 44.0. The standard InChI is InChI=1S/C17H24N2OS/c1-15-6-13-7-16(2,10-15)12-17(8-13,11-15)19(18-20)9-14-4-3-5-21-14/h3-5,13H,6-12H2,1-2H3. The van der Waals surface area contributed by atoms with Gasteiger partial charge in [0.15, 0.2) is 0 Å². The number of nitrogens with zero attached hydrogens (tertiary/aromatic N) is 2. The van der Waals surface area contributed by atoms with Gasteiger partial charge in [0.1, 0.15) is 0 Å². The SMILES string of the molecule is CC12CC3CC(C)(C1)CC(N(Cc1cccs1)N=O)(C3)C2. The number of nitroso groups, excluding NO2 is 1. The minimum absolute atomic E-state index is 0.0225. The Morgan fingerprint density at radius 1 is 1.24 bits per heavy atom. The van der Waals surface area contributed by atoms with Gasteiger partial charge < -0.3 is 0 Å². The first kappa shape index (κ1) is 13.7. The van der Waals surface area contributed by atoms with Crippen molar-refractivity contribution >= 4 is 11.3 Å². The molecular formula is C17H24N2OS. The predicted molar refractivity (Wildman–Crippen MR) is 85.8 cm³/mol. The number of hydrogen-bond acceptors (Lipinski definition) is 3. The molecule has 4 aliphatic carbocycles. The van der Waals surface area contributed by atoms with Crippen LogP contribution in [0.15, 0.2) is 22.8 Å². The third-order valence-corrected chi connectivity index (χ3v) is 6.99. The Kier molecular flexibility index (Phi) is 2.82. The van der Waals surface area contributed by atoms with Gasteiger partial charge >= 0.3 is 0 Å². The topological polar surface area (TPSA) is 32.7 Å². The van der Waals surface area contributed by atoms with Crippen molar-refractivity contribution in [1.82, 2.24) is 5.01 Å². The van der Waals surface area contributed by atoms with Crippen LogP contribution in [0.4, 0.5) is 0 Å². The van der Waals surface area contributed by atoms with E-state index in [9.17, 15) is 4.91 Å². The van der Waals surface area contributed by atoms with Gasteiger partial charge in [-0.3, -0.25) is 0 Å². The summed E-state index contributed by atoms with van der Waals surface area (Å²) in [6.45, 7) is 5.58. The van der Waals surface area contributed by atoms with E-state index in [1.54, 1.807) is 11.3 Å². The van der Waals surface area contributed by atoms with Gasteiger partial charge in [-0.05, 0) is 66.7 Å². The summed E-state index contributed by atoms with van der Waals surface area (Å²) in [7, 11) is 0. The summed E-state index contributed by atoms with van der Waals surface area (Å²) in [5.41, 5.74) is 0.869. The van der Waals surface area contributed by atoms with Crippen LogP contribution in [0.1, 0.15) is 57.2 Å². The second kappa shape index (κ2) is 4.31. The van der Waals surface area contributed by atoms with Crippen molar-refractivity contribution in [3.05, 3.63) is 27.3 Å². The van der Waals surface area contributed by atoms with Gasteiger partial charge in [-0.2, -0.15) is 0 Å². The van der Waals surface area contributed by atoms with E-state index in [2.05, 4.69) is 36.6 Å². The molecule has 4 aliphatic rings. The zero-order valence-electron chi connectivity index (χ0n) is 13.0. The molecule has 1 aromatic heterocycles. The molecule has 4 bridgehead atoms. The highest BCUT2D eigenvalue weighted by molar-refractivity contribution is 7.09. The lowest BCUT2D eigenvalue weighted by molar-refractivity contribution is -0.164. The minimum Gasteiger partial charge on any atom is -0.250 e. The number of thiophene rings is 1. The molecule has 4 fully saturated rings. The van der Waals surface area contributed by atoms with Crippen LogP contribution in [0.5, 0.6) is 0 Å². The fraction of sp³-hybridized carbons (Fsp3) is 0.765. The molecule has 1 heterocycles. The Bertz CT molecular complexity index is 537. The first-order valence-electron chi connectivity index (χ1n) is 8.08. The summed E-state index contributed by atoms with van der Waals surface area (Å²) in [6.07, 6.45) is 7.54. The molecule has 0 amide bonds. The van der Waals surface area contributed by atoms with E-state index >= 15 is 0 Å². The van der Waals surface area contributed by atoms with Gasteiger partial charge in [0.2, 0.25) is 0 Å². The smallest absolute Gasteiger partial charge is 0.0742 e. The van der Waals surface area contributed by atoms with E-state index in [1.165, 1.54) is 30.6 Å². The van der Waals surface area contributed by atoms with E-state index in [4.69, 9.17) is 0 Å². The summed E-state index contributed by atoms with van der Waals surface area (Å²) < 4.78 is 0. The van der Waals surface area contributed by atoms with Crippen molar-refractivity contribution in [3.8, 4) is 0 Å². The molecule has 1 aromatic rings. The summed E-state index contributed by atoms with van der Waals surface area (Å²) in [6, 6.07) is 4.18. The van der Waals surface area contributed by atoms with E-state index in [1.807, 2.05) is 5.01 Å². The van der Waals surface area contributed by atoms with Gasteiger partial charge in [-0.25, -0.2) is 5.01 Å². The summed E-state index contributed by atoms with van der Waals surface area (Å²) in [5.74, 6) is 0.795. The van der Waals surface area contributed by atoms with Gasteiger partial charge in [-0.15, -0.1) is 16.2 Å². The van der Waals surface area contributed by atoms with Crippen molar-refractivity contribution in [2.45, 2.75) is 64.5 Å². The summed E-state index contributed by atoms with van der Waals surface area (Å²) >= 11 is 1.73.